The van der Waals surface area contributed by atoms with E-state index in [1.54, 1.807) is 0 Å². The molecule has 12 nitrogen and oxygen atoms in total. The van der Waals surface area contributed by atoms with Crippen LogP contribution in [0.3, 0.4) is 0 Å². The molecule has 0 aliphatic carbocycles. The molecule has 0 aliphatic rings. The fourth-order valence-corrected chi connectivity index (χ4v) is 6.34. The van der Waals surface area contributed by atoms with E-state index in [9.17, 15) is 0 Å². The predicted octanol–water partition coefficient (Wildman–Crippen LogP) is 6.75. The highest BCUT2D eigenvalue weighted by Gasteiger charge is 2.29. The lowest BCUT2D eigenvalue weighted by atomic mass is 9.72. The number of hydrogen-bond donors (Lipinski definition) is 0. The maximum absolute atomic E-state index is 4.44. The zero-order chi connectivity index (χ0) is 34.6. The number of rotatable bonds is 8. The number of hydrogen-bond acceptors (Lipinski definition) is 12. The molecule has 4 heterocycles. The largest absolute Gasteiger partial charge is 0.225 e. The van der Waals surface area contributed by atoms with Crippen molar-refractivity contribution < 1.29 is 0 Å². The maximum Gasteiger partial charge on any atom is 0.162 e. The van der Waals surface area contributed by atoms with E-state index in [1.165, 1.54) is 50.6 Å². The Kier molecular flexibility index (Phi) is 8.22. The van der Waals surface area contributed by atoms with Gasteiger partial charge in [-0.3, -0.25) is 0 Å². The Balaban J connectivity index is 1.30. The topological polar surface area (TPSA) is 155 Å². The van der Waals surface area contributed by atoms with Crippen LogP contribution in [-0.2, 0) is 5.41 Å². The van der Waals surface area contributed by atoms with E-state index >= 15 is 0 Å². The summed E-state index contributed by atoms with van der Waals surface area (Å²) >= 11 is 0. The van der Waals surface area contributed by atoms with Gasteiger partial charge in [0.1, 0.15) is 50.6 Å². The number of nitrogens with zero attached hydrogens (tertiary/aromatic N) is 12. The van der Waals surface area contributed by atoms with Crippen LogP contribution in [0.2, 0.25) is 0 Å². The van der Waals surface area contributed by atoms with Gasteiger partial charge in [0.25, 0.3) is 0 Å². The minimum absolute atomic E-state index is 0.486. The van der Waals surface area contributed by atoms with E-state index in [0.717, 1.165) is 55.6 Å². The Morgan fingerprint density at radius 3 is 0.882 bits per heavy atom. The summed E-state index contributed by atoms with van der Waals surface area (Å²) in [6.45, 7) is 4.49. The highest BCUT2D eigenvalue weighted by atomic mass is 15.0. The van der Waals surface area contributed by atoms with Crippen molar-refractivity contribution in [3.63, 3.8) is 0 Å². The first-order valence-corrected chi connectivity index (χ1v) is 16.0. The van der Waals surface area contributed by atoms with Crippen LogP contribution in [0.4, 0.5) is 0 Å². The van der Waals surface area contributed by atoms with Crippen molar-refractivity contribution >= 4 is 0 Å². The first-order chi connectivity index (χ1) is 25.0. The van der Waals surface area contributed by atoms with Crippen LogP contribution in [0.15, 0.2) is 136 Å². The van der Waals surface area contributed by atoms with Gasteiger partial charge in [0, 0.05) is 27.7 Å². The standard InChI is InChI=1S/C39H28N12/c1-39(2,33-9-5-3-7-31(33)25-11-27(35-44-17-40-18-45-35)15-28(12-25)36-46-19-41-20-47-36)34-10-6-4-8-32(34)26-13-29(37-48-21-42-22-49-37)16-30(14-26)38-50-23-43-24-51-38/h3-24H,1-2H3. The molecule has 0 unspecified atom stereocenters. The van der Waals surface area contributed by atoms with Crippen molar-refractivity contribution in [2.24, 2.45) is 0 Å². The summed E-state index contributed by atoms with van der Waals surface area (Å²) in [4.78, 5) is 51.6. The van der Waals surface area contributed by atoms with Gasteiger partial charge in [-0.15, -0.1) is 0 Å². The van der Waals surface area contributed by atoms with Gasteiger partial charge in [0.05, 0.1) is 0 Å². The smallest absolute Gasteiger partial charge is 0.162 e. The molecular weight excluding hydrogens is 637 g/mol. The lowest BCUT2D eigenvalue weighted by Gasteiger charge is -2.31. The Labute approximate surface area is 293 Å². The van der Waals surface area contributed by atoms with Gasteiger partial charge < -0.3 is 0 Å². The summed E-state index contributed by atoms with van der Waals surface area (Å²) in [6, 6.07) is 29.3. The van der Waals surface area contributed by atoms with Gasteiger partial charge in [0.2, 0.25) is 0 Å². The minimum atomic E-state index is -0.486. The first-order valence-electron chi connectivity index (χ1n) is 16.0. The fraction of sp³-hybridized carbons (Fsp3) is 0.0769. The molecule has 0 spiro atoms. The van der Waals surface area contributed by atoms with Gasteiger partial charge in [-0.05, 0) is 69.8 Å². The van der Waals surface area contributed by atoms with Gasteiger partial charge >= 0.3 is 0 Å². The zero-order valence-electron chi connectivity index (χ0n) is 27.6. The van der Waals surface area contributed by atoms with E-state index in [-0.39, 0.29) is 0 Å². The monoisotopic (exact) mass is 664 g/mol. The highest BCUT2D eigenvalue weighted by molar-refractivity contribution is 5.83. The Morgan fingerprint density at radius 1 is 0.333 bits per heavy atom. The Hall–Kier alpha value is -7.08. The molecule has 0 radical (unpaired) electrons. The molecule has 8 rings (SSSR count). The van der Waals surface area contributed by atoms with Gasteiger partial charge in [0.15, 0.2) is 23.3 Å². The lowest BCUT2D eigenvalue weighted by molar-refractivity contribution is 0.644. The third kappa shape index (κ3) is 6.29. The second-order valence-electron chi connectivity index (χ2n) is 12.2. The summed E-state index contributed by atoms with van der Waals surface area (Å²) in [5, 5.41) is 0. The molecule has 0 atom stereocenters. The van der Waals surface area contributed by atoms with Crippen LogP contribution in [0.1, 0.15) is 25.0 Å². The SMILES string of the molecule is CC(C)(c1ccccc1-c1cc(-c2ncncn2)cc(-c2ncncn2)c1)c1ccccc1-c1cc(-c2ncncn2)cc(-c2ncncn2)c1. The molecule has 8 aromatic rings. The number of aromatic nitrogens is 12. The molecule has 4 aromatic carbocycles. The van der Waals surface area contributed by atoms with Crippen LogP contribution in [0.25, 0.3) is 67.8 Å². The van der Waals surface area contributed by atoms with E-state index in [2.05, 4.69) is 146 Å². The molecule has 12 heteroatoms. The first kappa shape index (κ1) is 31.2. The van der Waals surface area contributed by atoms with Crippen molar-refractivity contribution in [3.05, 3.63) is 147 Å². The average Bonchev–Trinajstić information content (AvgIpc) is 3.22. The summed E-state index contributed by atoms with van der Waals surface area (Å²) < 4.78 is 0. The molecular formula is C39H28N12. The normalized spacial score (nSPS) is 11.3. The van der Waals surface area contributed by atoms with Gasteiger partial charge in [-0.1, -0.05) is 62.4 Å². The van der Waals surface area contributed by atoms with E-state index in [1.807, 2.05) is 12.1 Å². The Morgan fingerprint density at radius 2 is 0.588 bits per heavy atom. The van der Waals surface area contributed by atoms with Gasteiger partial charge in [-0.2, -0.15) is 0 Å². The van der Waals surface area contributed by atoms with Crippen molar-refractivity contribution in [2.45, 2.75) is 19.3 Å². The second-order valence-corrected chi connectivity index (χ2v) is 12.2. The predicted molar refractivity (Wildman–Crippen MR) is 191 cm³/mol. The molecule has 244 valence electrons. The molecule has 4 aromatic heterocycles. The van der Waals surface area contributed by atoms with Crippen LogP contribution in [-0.4, -0.2) is 59.8 Å². The molecule has 0 saturated carbocycles. The van der Waals surface area contributed by atoms with Crippen molar-refractivity contribution in [2.75, 3.05) is 0 Å². The fourth-order valence-electron chi connectivity index (χ4n) is 6.34. The molecule has 0 amide bonds. The second kappa shape index (κ2) is 13.4. The zero-order valence-corrected chi connectivity index (χ0v) is 27.6. The molecule has 0 N–H and O–H groups in total. The quantitative estimate of drug-likeness (QED) is 0.169. The molecule has 0 aliphatic heterocycles. The van der Waals surface area contributed by atoms with Crippen molar-refractivity contribution in [1.29, 1.82) is 0 Å². The highest BCUT2D eigenvalue weighted by Crippen LogP contribution is 2.44. The molecule has 0 fully saturated rings. The van der Waals surface area contributed by atoms with Crippen molar-refractivity contribution in [1.82, 2.24) is 59.8 Å². The van der Waals surface area contributed by atoms with Crippen LogP contribution < -0.4 is 0 Å². The van der Waals surface area contributed by atoms with Crippen LogP contribution >= 0.6 is 0 Å². The van der Waals surface area contributed by atoms with Gasteiger partial charge in [-0.25, -0.2) is 59.8 Å². The lowest BCUT2D eigenvalue weighted by Crippen LogP contribution is -2.21. The molecule has 0 bridgehead atoms. The summed E-state index contributed by atoms with van der Waals surface area (Å²) in [6.07, 6.45) is 11.9. The summed E-state index contributed by atoms with van der Waals surface area (Å²) in [7, 11) is 0. The molecule has 51 heavy (non-hydrogen) atoms. The maximum atomic E-state index is 4.44. The Bertz CT molecular complexity index is 2160. The van der Waals surface area contributed by atoms with Crippen molar-refractivity contribution in [3.8, 4) is 67.8 Å². The van der Waals surface area contributed by atoms with E-state index in [0.29, 0.717) is 23.3 Å². The summed E-state index contributed by atoms with van der Waals surface area (Å²) in [5.41, 5.74) is 9.08. The summed E-state index contributed by atoms with van der Waals surface area (Å²) in [5.74, 6) is 2.21. The van der Waals surface area contributed by atoms with E-state index in [4.69, 9.17) is 0 Å². The van der Waals surface area contributed by atoms with Crippen LogP contribution in [0, 0.1) is 0 Å². The van der Waals surface area contributed by atoms with E-state index < -0.39 is 5.41 Å². The van der Waals surface area contributed by atoms with Crippen LogP contribution in [0.5, 0.6) is 0 Å². The average molecular weight is 665 g/mol. The molecule has 0 saturated heterocycles. The minimum Gasteiger partial charge on any atom is -0.225 e. The number of benzene rings is 4. The third-order valence-electron chi connectivity index (χ3n) is 8.70. The third-order valence-corrected chi connectivity index (χ3v) is 8.70.